The molecular weight excluding hydrogens is 308 g/mol. The van der Waals surface area contributed by atoms with Crippen LogP contribution in [0.15, 0.2) is 78.5 Å². The average Bonchev–Trinajstić information content (AvgIpc) is 2.82. The van der Waals surface area contributed by atoms with Crippen LogP contribution < -0.4 is 15.8 Å². The molecule has 25 heavy (non-hydrogen) atoms. The summed E-state index contributed by atoms with van der Waals surface area (Å²) < 4.78 is 0. The van der Waals surface area contributed by atoms with Crippen molar-refractivity contribution in [1.29, 1.82) is 0 Å². The maximum atomic E-state index is 12.6. The second-order valence-electron chi connectivity index (χ2n) is 6.17. The van der Waals surface area contributed by atoms with Crippen molar-refractivity contribution in [3.05, 3.63) is 94.7 Å². The highest BCUT2D eigenvalue weighted by Crippen LogP contribution is 2.25. The number of carbonyl (C=O) groups excluding carboxylic acids is 1. The average molecular weight is 326 g/mol. The highest BCUT2D eigenvalue weighted by molar-refractivity contribution is 6.07. The van der Waals surface area contributed by atoms with Crippen LogP contribution >= 0.6 is 0 Å². The van der Waals surface area contributed by atoms with Crippen LogP contribution in [0.5, 0.6) is 0 Å². The van der Waals surface area contributed by atoms with E-state index in [0.29, 0.717) is 5.57 Å². The van der Waals surface area contributed by atoms with Gasteiger partial charge in [-0.15, -0.1) is 0 Å². The summed E-state index contributed by atoms with van der Waals surface area (Å²) in [5.74, 6) is -0.0121. The number of hydrogen-bond donors (Lipinski definition) is 1. The fraction of sp³-hybridized carbons (Fsp3) is 0.0909. The summed E-state index contributed by atoms with van der Waals surface area (Å²) in [6, 6.07) is 12.0. The van der Waals surface area contributed by atoms with Crippen molar-refractivity contribution in [3.8, 4) is 0 Å². The second-order valence-corrected chi connectivity index (χ2v) is 6.17. The molecule has 2 aromatic rings. The van der Waals surface area contributed by atoms with E-state index in [1.54, 1.807) is 6.20 Å². The Morgan fingerprint density at radius 2 is 2.00 bits per heavy atom. The van der Waals surface area contributed by atoms with E-state index in [-0.39, 0.29) is 11.8 Å². The van der Waals surface area contributed by atoms with Gasteiger partial charge in [0.2, 0.25) is 0 Å². The predicted octanol–water partition coefficient (Wildman–Crippen LogP) is 2.64. The van der Waals surface area contributed by atoms with E-state index >= 15 is 0 Å². The Kier molecular flexibility index (Phi) is 3.90. The lowest BCUT2D eigenvalue weighted by molar-refractivity contribution is -0.112. The lowest BCUT2D eigenvalue weighted by Crippen LogP contribution is -2.27. The highest BCUT2D eigenvalue weighted by Gasteiger charge is 2.18. The lowest BCUT2D eigenvalue weighted by atomic mass is 9.89. The molecule has 0 bridgehead atoms. The third-order valence-corrected chi connectivity index (χ3v) is 4.54. The molecule has 0 spiro atoms. The molecule has 1 heterocycles. The smallest absolute Gasteiger partial charge is 0.255 e. The van der Waals surface area contributed by atoms with Crippen molar-refractivity contribution >= 4 is 23.2 Å². The number of hydrogen-bond acceptors (Lipinski definition) is 2. The first-order valence-corrected chi connectivity index (χ1v) is 8.33. The molecule has 1 aromatic carbocycles. The van der Waals surface area contributed by atoms with Crippen LogP contribution in [-0.2, 0) is 4.79 Å². The number of aryl methyl sites for hydroxylation is 1. The number of rotatable bonds is 2. The van der Waals surface area contributed by atoms with Gasteiger partial charge in [0.05, 0.1) is 11.4 Å². The minimum absolute atomic E-state index is 0.0978. The molecule has 1 N–H and O–H groups in total. The van der Waals surface area contributed by atoms with Crippen molar-refractivity contribution < 1.29 is 4.79 Å². The monoisotopic (exact) mass is 326 g/mol. The SMILES string of the molecule is Cc1ncccc1NC(=O)C1=CC2C=CC=c3ccccc3=C2C=C1. The van der Waals surface area contributed by atoms with E-state index in [1.165, 1.54) is 16.0 Å². The van der Waals surface area contributed by atoms with Gasteiger partial charge in [-0.25, -0.2) is 0 Å². The molecule has 2 aliphatic carbocycles. The number of amides is 1. The number of allylic oxidation sites excluding steroid dienone is 4. The summed E-state index contributed by atoms with van der Waals surface area (Å²) in [4.78, 5) is 16.8. The van der Waals surface area contributed by atoms with Gasteiger partial charge in [-0.05, 0) is 41.1 Å². The Morgan fingerprint density at radius 1 is 1.12 bits per heavy atom. The largest absolute Gasteiger partial charge is 0.320 e. The van der Waals surface area contributed by atoms with Crippen molar-refractivity contribution in [3.63, 3.8) is 0 Å². The second kappa shape index (κ2) is 6.36. The Bertz CT molecular complexity index is 1060. The van der Waals surface area contributed by atoms with E-state index in [1.807, 2.05) is 43.3 Å². The Balaban J connectivity index is 1.68. The molecule has 0 fully saturated rings. The van der Waals surface area contributed by atoms with Crippen LogP contribution in [0.25, 0.3) is 11.6 Å². The van der Waals surface area contributed by atoms with Gasteiger partial charge >= 0.3 is 0 Å². The summed E-state index contributed by atoms with van der Waals surface area (Å²) in [5, 5.41) is 5.37. The van der Waals surface area contributed by atoms with Crippen LogP contribution in [0.3, 0.4) is 0 Å². The molecule has 2 aliphatic rings. The molecule has 3 nitrogen and oxygen atoms in total. The fourth-order valence-corrected chi connectivity index (χ4v) is 3.20. The minimum atomic E-state index is -0.110. The third-order valence-electron chi connectivity index (χ3n) is 4.54. The Hall–Kier alpha value is -3.20. The number of nitrogens with zero attached hydrogens (tertiary/aromatic N) is 1. The summed E-state index contributed by atoms with van der Waals surface area (Å²) in [6.45, 7) is 1.88. The molecule has 0 aliphatic heterocycles. The van der Waals surface area contributed by atoms with Crippen LogP contribution in [-0.4, -0.2) is 10.9 Å². The van der Waals surface area contributed by atoms with Gasteiger partial charge < -0.3 is 5.32 Å². The topological polar surface area (TPSA) is 42.0 Å². The zero-order chi connectivity index (χ0) is 17.2. The van der Waals surface area contributed by atoms with Gasteiger partial charge in [-0.2, -0.15) is 0 Å². The molecule has 1 amide bonds. The zero-order valence-corrected chi connectivity index (χ0v) is 13.9. The normalized spacial score (nSPS) is 17.7. The van der Waals surface area contributed by atoms with E-state index in [0.717, 1.165) is 11.4 Å². The van der Waals surface area contributed by atoms with Crippen molar-refractivity contribution in [1.82, 2.24) is 4.98 Å². The Labute approximate surface area is 146 Å². The molecule has 4 rings (SSSR count). The first kappa shape index (κ1) is 15.3. The Morgan fingerprint density at radius 3 is 2.88 bits per heavy atom. The molecular formula is C22H18N2O. The number of anilines is 1. The van der Waals surface area contributed by atoms with E-state index < -0.39 is 0 Å². The first-order valence-electron chi connectivity index (χ1n) is 8.33. The maximum absolute atomic E-state index is 12.6. The standard InChI is InChI=1S/C22H18N2O/c1-15-21(10-5-13-23-15)24-22(25)18-11-12-20-17(14-18)8-4-7-16-6-2-3-9-19(16)20/h2-14,17H,1H3,(H,24,25). The van der Waals surface area contributed by atoms with Gasteiger partial charge in [0.15, 0.2) is 0 Å². The minimum Gasteiger partial charge on any atom is -0.320 e. The van der Waals surface area contributed by atoms with Crippen molar-refractivity contribution in [2.45, 2.75) is 6.92 Å². The van der Waals surface area contributed by atoms with Gasteiger partial charge in [0, 0.05) is 17.7 Å². The molecule has 0 radical (unpaired) electrons. The molecule has 1 aromatic heterocycles. The summed E-state index contributed by atoms with van der Waals surface area (Å²) in [7, 11) is 0. The maximum Gasteiger partial charge on any atom is 0.255 e. The van der Waals surface area contributed by atoms with Crippen LogP contribution in [0.2, 0.25) is 0 Å². The number of aromatic nitrogens is 1. The first-order chi connectivity index (χ1) is 12.2. The molecule has 122 valence electrons. The predicted molar refractivity (Wildman–Crippen MR) is 101 cm³/mol. The number of nitrogens with one attached hydrogen (secondary N) is 1. The van der Waals surface area contributed by atoms with Gasteiger partial charge in [0.1, 0.15) is 0 Å². The van der Waals surface area contributed by atoms with Crippen LogP contribution in [0, 0.1) is 12.8 Å². The van der Waals surface area contributed by atoms with Crippen molar-refractivity contribution in [2.24, 2.45) is 5.92 Å². The summed E-state index contributed by atoms with van der Waals surface area (Å²) in [6.07, 6.45) is 14.0. The number of pyridine rings is 1. The van der Waals surface area contributed by atoms with Gasteiger partial charge in [-0.1, -0.05) is 54.6 Å². The zero-order valence-electron chi connectivity index (χ0n) is 13.9. The molecule has 0 saturated carbocycles. The quantitative estimate of drug-likeness (QED) is 0.922. The summed E-state index contributed by atoms with van der Waals surface area (Å²) in [5.41, 5.74) is 3.43. The molecule has 1 unspecified atom stereocenters. The number of benzene rings is 1. The number of carbonyl (C=O) groups is 1. The van der Waals surface area contributed by atoms with Crippen LogP contribution in [0.4, 0.5) is 5.69 Å². The highest BCUT2D eigenvalue weighted by atomic mass is 16.1. The number of fused-ring (bicyclic) bond motifs is 2. The van der Waals surface area contributed by atoms with E-state index in [4.69, 9.17) is 0 Å². The van der Waals surface area contributed by atoms with Crippen LogP contribution in [0.1, 0.15) is 5.69 Å². The van der Waals surface area contributed by atoms with Crippen molar-refractivity contribution in [2.75, 3.05) is 5.32 Å². The van der Waals surface area contributed by atoms with Gasteiger partial charge in [0.25, 0.3) is 5.91 Å². The summed E-state index contributed by atoms with van der Waals surface area (Å²) >= 11 is 0. The third kappa shape index (κ3) is 2.96. The van der Waals surface area contributed by atoms with E-state index in [9.17, 15) is 4.79 Å². The lowest BCUT2D eigenvalue weighted by Gasteiger charge is -2.17. The fourth-order valence-electron chi connectivity index (χ4n) is 3.20. The molecule has 1 atom stereocenters. The van der Waals surface area contributed by atoms with Gasteiger partial charge in [-0.3, -0.25) is 9.78 Å². The molecule has 0 saturated heterocycles. The van der Waals surface area contributed by atoms with E-state index in [2.05, 4.69) is 46.7 Å². The molecule has 3 heteroatoms.